The highest BCUT2D eigenvalue weighted by Gasteiger charge is 2.07. The molecule has 0 unspecified atom stereocenters. The first kappa shape index (κ1) is 23.4. The summed E-state index contributed by atoms with van der Waals surface area (Å²) in [7, 11) is 1.76. The monoisotopic (exact) mass is 542 g/mol. The summed E-state index contributed by atoms with van der Waals surface area (Å²) in [5, 5.41) is 8.29. The Bertz CT molecular complexity index is 948. The molecule has 0 aliphatic heterocycles. The number of aromatic nitrogens is 1. The fourth-order valence-electron chi connectivity index (χ4n) is 2.63. The van der Waals surface area contributed by atoms with Gasteiger partial charge in [0.05, 0.1) is 11.6 Å². The number of nitrogens with zero attached hydrogens (tertiary/aromatic N) is 2. The predicted octanol–water partition coefficient (Wildman–Crippen LogP) is 5.17. The van der Waals surface area contributed by atoms with Gasteiger partial charge in [0.2, 0.25) is 0 Å². The van der Waals surface area contributed by atoms with Crippen LogP contribution >= 0.6 is 46.9 Å². The lowest BCUT2D eigenvalue weighted by atomic mass is 10.1. The molecule has 0 atom stereocenters. The van der Waals surface area contributed by atoms with Gasteiger partial charge in [-0.3, -0.25) is 4.99 Å². The number of ether oxygens (including phenoxy) is 1. The van der Waals surface area contributed by atoms with Crippen molar-refractivity contribution in [2.45, 2.75) is 26.6 Å². The lowest BCUT2D eigenvalue weighted by Gasteiger charge is -2.14. The molecule has 0 spiro atoms. The Labute approximate surface area is 197 Å². The van der Waals surface area contributed by atoms with Crippen molar-refractivity contribution in [3.63, 3.8) is 0 Å². The van der Waals surface area contributed by atoms with Crippen LogP contribution in [0.2, 0.25) is 5.02 Å². The summed E-state index contributed by atoms with van der Waals surface area (Å²) in [5.74, 6) is 1.41. The lowest BCUT2D eigenvalue weighted by molar-refractivity contribution is 0.305. The number of benzene rings is 2. The summed E-state index contributed by atoms with van der Waals surface area (Å²) in [6, 6.07) is 15.7. The Morgan fingerprint density at radius 3 is 2.45 bits per heavy atom. The van der Waals surface area contributed by atoms with E-state index < -0.39 is 0 Å². The minimum absolute atomic E-state index is 0. The van der Waals surface area contributed by atoms with E-state index in [4.69, 9.17) is 16.3 Å². The van der Waals surface area contributed by atoms with Crippen molar-refractivity contribution in [1.82, 2.24) is 15.6 Å². The van der Waals surface area contributed by atoms with E-state index in [1.807, 2.05) is 42.6 Å². The van der Waals surface area contributed by atoms with Gasteiger partial charge in [0.1, 0.15) is 17.4 Å². The van der Waals surface area contributed by atoms with Gasteiger partial charge < -0.3 is 15.4 Å². The van der Waals surface area contributed by atoms with Gasteiger partial charge in [0.25, 0.3) is 0 Å². The fraction of sp³-hybridized carbons (Fsp3) is 0.238. The van der Waals surface area contributed by atoms with Gasteiger partial charge in [-0.25, -0.2) is 4.98 Å². The SMILES string of the molecule is CN=C(NCc1ncc(C)s1)NCc1ccccc1COc1ccccc1Cl.I. The highest BCUT2D eigenvalue weighted by Crippen LogP contribution is 2.24. The van der Waals surface area contributed by atoms with Crippen LogP contribution in [0.1, 0.15) is 21.0 Å². The molecular formula is C21H24ClIN4OS. The van der Waals surface area contributed by atoms with Crippen LogP contribution in [0.25, 0.3) is 0 Å². The van der Waals surface area contributed by atoms with Gasteiger partial charge in [-0.1, -0.05) is 48.0 Å². The maximum Gasteiger partial charge on any atom is 0.191 e. The number of nitrogens with one attached hydrogen (secondary N) is 2. The largest absolute Gasteiger partial charge is 0.487 e. The smallest absolute Gasteiger partial charge is 0.191 e. The molecule has 3 aromatic rings. The molecule has 29 heavy (non-hydrogen) atoms. The molecule has 154 valence electrons. The fourth-order valence-corrected chi connectivity index (χ4v) is 3.55. The molecule has 0 aliphatic rings. The van der Waals surface area contributed by atoms with Crippen molar-refractivity contribution in [1.29, 1.82) is 0 Å². The molecule has 1 heterocycles. The molecule has 0 aliphatic carbocycles. The van der Waals surface area contributed by atoms with Crippen molar-refractivity contribution in [2.75, 3.05) is 7.05 Å². The van der Waals surface area contributed by atoms with E-state index in [1.54, 1.807) is 18.4 Å². The molecule has 0 saturated carbocycles. The second-order valence-corrected chi connectivity index (χ2v) is 7.86. The molecule has 0 bridgehead atoms. The summed E-state index contributed by atoms with van der Waals surface area (Å²) >= 11 is 7.85. The maximum absolute atomic E-state index is 6.17. The zero-order valence-corrected chi connectivity index (χ0v) is 20.2. The first-order valence-corrected chi connectivity index (χ1v) is 10.1. The number of aliphatic imine (C=N–C) groups is 1. The van der Waals surface area contributed by atoms with Gasteiger partial charge >= 0.3 is 0 Å². The van der Waals surface area contributed by atoms with Crippen molar-refractivity contribution in [3.8, 4) is 5.75 Å². The predicted molar refractivity (Wildman–Crippen MR) is 132 cm³/mol. The standard InChI is InChI=1S/C21H23ClN4OS.HI/c1-15-11-24-20(28-15)13-26-21(23-2)25-12-16-7-3-4-8-17(16)14-27-19-10-6-5-9-18(19)22;/h3-11H,12-14H2,1-2H3,(H2,23,25,26);1H. The van der Waals surface area contributed by atoms with Gasteiger partial charge in [-0.2, -0.15) is 0 Å². The number of aryl methyl sites for hydroxylation is 1. The third kappa shape index (κ3) is 7.17. The van der Waals surface area contributed by atoms with Crippen molar-refractivity contribution < 1.29 is 4.74 Å². The first-order valence-electron chi connectivity index (χ1n) is 8.95. The second kappa shape index (κ2) is 12.0. The van der Waals surface area contributed by atoms with Crippen LogP contribution in [0.5, 0.6) is 5.75 Å². The normalized spacial score (nSPS) is 10.9. The summed E-state index contributed by atoms with van der Waals surface area (Å²) < 4.78 is 5.89. The van der Waals surface area contributed by atoms with E-state index in [9.17, 15) is 0 Å². The average molecular weight is 543 g/mol. The quantitative estimate of drug-likeness (QED) is 0.246. The number of hydrogen-bond donors (Lipinski definition) is 2. The topological polar surface area (TPSA) is 58.5 Å². The summed E-state index contributed by atoms with van der Waals surface area (Å²) in [5.41, 5.74) is 2.24. The zero-order valence-electron chi connectivity index (χ0n) is 16.3. The molecule has 2 N–H and O–H groups in total. The number of para-hydroxylation sites is 1. The lowest BCUT2D eigenvalue weighted by Crippen LogP contribution is -2.36. The number of thiazole rings is 1. The summed E-state index contributed by atoms with van der Waals surface area (Å²) in [6.07, 6.45) is 1.88. The van der Waals surface area contributed by atoms with E-state index in [0.29, 0.717) is 30.5 Å². The van der Waals surface area contributed by atoms with Crippen LogP contribution in [-0.2, 0) is 19.7 Å². The van der Waals surface area contributed by atoms with Crippen LogP contribution in [-0.4, -0.2) is 18.0 Å². The molecule has 3 rings (SSSR count). The molecule has 1 aromatic heterocycles. The van der Waals surface area contributed by atoms with Crippen molar-refractivity contribution >= 4 is 52.9 Å². The summed E-state index contributed by atoms with van der Waals surface area (Å²) in [4.78, 5) is 9.84. The zero-order chi connectivity index (χ0) is 19.8. The number of halogens is 2. The van der Waals surface area contributed by atoms with E-state index >= 15 is 0 Å². The molecule has 5 nitrogen and oxygen atoms in total. The average Bonchev–Trinajstić information content (AvgIpc) is 3.13. The number of rotatable bonds is 7. The third-order valence-electron chi connectivity index (χ3n) is 4.08. The third-order valence-corrected chi connectivity index (χ3v) is 5.31. The Hall–Kier alpha value is -1.84. The van der Waals surface area contributed by atoms with E-state index in [2.05, 4.69) is 39.7 Å². The maximum atomic E-state index is 6.17. The van der Waals surface area contributed by atoms with Crippen LogP contribution in [0.3, 0.4) is 0 Å². The Balaban J connectivity index is 0.00000300. The minimum Gasteiger partial charge on any atom is -0.487 e. The Morgan fingerprint density at radius 1 is 1.07 bits per heavy atom. The van der Waals surface area contributed by atoms with Gasteiger partial charge in [0, 0.05) is 24.7 Å². The molecule has 0 fully saturated rings. The molecule has 8 heteroatoms. The molecule has 0 saturated heterocycles. The highest BCUT2D eigenvalue weighted by atomic mass is 127. The van der Waals surface area contributed by atoms with E-state index in [1.165, 1.54) is 4.88 Å². The van der Waals surface area contributed by atoms with Crippen LogP contribution in [0, 0.1) is 6.92 Å². The minimum atomic E-state index is 0. The second-order valence-electron chi connectivity index (χ2n) is 6.13. The van der Waals surface area contributed by atoms with E-state index in [0.717, 1.165) is 22.1 Å². The first-order chi connectivity index (χ1) is 13.7. The Kier molecular flexibility index (Phi) is 9.69. The van der Waals surface area contributed by atoms with Gasteiger partial charge in [0.15, 0.2) is 5.96 Å². The molecule has 2 aromatic carbocycles. The highest BCUT2D eigenvalue weighted by molar-refractivity contribution is 14.0. The molecular weight excluding hydrogens is 519 g/mol. The summed E-state index contributed by atoms with van der Waals surface area (Å²) in [6.45, 7) is 3.79. The van der Waals surface area contributed by atoms with Crippen LogP contribution in [0.15, 0.2) is 59.7 Å². The van der Waals surface area contributed by atoms with Gasteiger partial charge in [-0.05, 0) is 30.2 Å². The van der Waals surface area contributed by atoms with Crippen LogP contribution in [0.4, 0.5) is 0 Å². The van der Waals surface area contributed by atoms with Crippen LogP contribution < -0.4 is 15.4 Å². The molecule has 0 amide bonds. The molecule has 0 radical (unpaired) electrons. The van der Waals surface area contributed by atoms with E-state index in [-0.39, 0.29) is 24.0 Å². The number of guanidine groups is 1. The Morgan fingerprint density at radius 2 is 1.76 bits per heavy atom. The van der Waals surface area contributed by atoms with Gasteiger partial charge in [-0.15, -0.1) is 35.3 Å². The van der Waals surface area contributed by atoms with Crippen molar-refractivity contribution in [3.05, 3.63) is 80.8 Å². The van der Waals surface area contributed by atoms with Crippen molar-refractivity contribution in [2.24, 2.45) is 4.99 Å². The number of hydrogen-bond acceptors (Lipinski definition) is 4.